The molecule has 0 radical (unpaired) electrons. The lowest BCUT2D eigenvalue weighted by Gasteiger charge is -2.23. The maximum absolute atomic E-state index is 13.0. The smallest absolute Gasteiger partial charge is 0.325 e. The first-order valence-corrected chi connectivity index (χ1v) is 9.10. The van der Waals surface area contributed by atoms with Gasteiger partial charge in [-0.2, -0.15) is 0 Å². The lowest BCUT2D eigenvalue weighted by Crippen LogP contribution is -2.43. The number of amides is 3. The molecule has 3 amide bonds. The average Bonchev–Trinajstić information content (AvgIpc) is 3.15. The second-order valence-corrected chi connectivity index (χ2v) is 7.19. The van der Waals surface area contributed by atoms with Crippen molar-refractivity contribution in [1.82, 2.24) is 10.2 Å². The van der Waals surface area contributed by atoms with Crippen molar-refractivity contribution in [1.29, 1.82) is 0 Å². The number of benzene rings is 2. The highest BCUT2D eigenvalue weighted by Gasteiger charge is 2.55. The number of ether oxygens (including phenoxy) is 1. The first-order chi connectivity index (χ1) is 13.0. The van der Waals surface area contributed by atoms with Crippen LogP contribution in [0.3, 0.4) is 0 Å². The number of rotatable bonds is 5. The Morgan fingerprint density at radius 3 is 2.70 bits per heavy atom. The van der Waals surface area contributed by atoms with Crippen molar-refractivity contribution >= 4 is 11.9 Å². The van der Waals surface area contributed by atoms with Gasteiger partial charge in [0.25, 0.3) is 5.91 Å². The van der Waals surface area contributed by atoms with Crippen molar-refractivity contribution in [2.75, 3.05) is 13.2 Å². The number of hydrogen-bond acceptors (Lipinski definition) is 4. The zero-order valence-corrected chi connectivity index (χ0v) is 15.1. The van der Waals surface area contributed by atoms with Crippen molar-refractivity contribution in [3.8, 4) is 5.75 Å². The summed E-state index contributed by atoms with van der Waals surface area (Å²) < 4.78 is 5.56. The van der Waals surface area contributed by atoms with Crippen LogP contribution in [-0.2, 0) is 16.8 Å². The number of aliphatic hydroxyl groups excluding tert-OH is 1. The summed E-state index contributed by atoms with van der Waals surface area (Å²) in [5.74, 6) is 0.338. The van der Waals surface area contributed by atoms with Gasteiger partial charge in [-0.05, 0) is 43.0 Å². The molecule has 1 heterocycles. The standard InChI is InChI=1S/C21H22N2O4/c1-14-6-8-17(9-7-14)27-13-16(24)12-23-19(25)21(22-20(23)26)11-10-15-4-2-3-5-18(15)21/h2-9,16,24H,10-13H2,1H3,(H,22,26). The molecule has 1 saturated heterocycles. The third-order valence-corrected chi connectivity index (χ3v) is 5.28. The first-order valence-electron chi connectivity index (χ1n) is 9.10. The van der Waals surface area contributed by atoms with E-state index in [0.717, 1.165) is 28.0 Å². The highest BCUT2D eigenvalue weighted by molar-refractivity contribution is 6.08. The van der Waals surface area contributed by atoms with E-state index >= 15 is 0 Å². The van der Waals surface area contributed by atoms with E-state index in [1.165, 1.54) is 0 Å². The number of aliphatic hydroxyl groups is 1. The first kappa shape index (κ1) is 17.5. The van der Waals surface area contributed by atoms with Crippen LogP contribution < -0.4 is 10.1 Å². The van der Waals surface area contributed by atoms with Crippen molar-refractivity contribution in [2.24, 2.45) is 0 Å². The molecule has 2 N–H and O–H groups in total. The Kier molecular flexibility index (Phi) is 4.36. The van der Waals surface area contributed by atoms with Gasteiger partial charge in [-0.3, -0.25) is 9.69 Å². The molecule has 2 aromatic rings. The van der Waals surface area contributed by atoms with Crippen molar-refractivity contribution in [2.45, 2.75) is 31.4 Å². The van der Waals surface area contributed by atoms with Gasteiger partial charge in [0, 0.05) is 0 Å². The van der Waals surface area contributed by atoms with Gasteiger partial charge >= 0.3 is 6.03 Å². The Hall–Kier alpha value is -2.86. The topological polar surface area (TPSA) is 78.9 Å². The molecule has 0 saturated carbocycles. The summed E-state index contributed by atoms with van der Waals surface area (Å²) >= 11 is 0. The summed E-state index contributed by atoms with van der Waals surface area (Å²) in [6.45, 7) is 1.89. The summed E-state index contributed by atoms with van der Waals surface area (Å²) in [7, 11) is 0. The Morgan fingerprint density at radius 2 is 1.93 bits per heavy atom. The molecule has 4 rings (SSSR count). The number of nitrogens with zero attached hydrogens (tertiary/aromatic N) is 1. The fourth-order valence-corrected chi connectivity index (χ4v) is 3.85. The highest BCUT2D eigenvalue weighted by atomic mass is 16.5. The van der Waals surface area contributed by atoms with Crippen LogP contribution in [0.2, 0.25) is 0 Å². The molecule has 1 aliphatic carbocycles. The molecule has 1 fully saturated rings. The number of urea groups is 1. The normalized spacial score (nSPS) is 22.1. The van der Waals surface area contributed by atoms with Crippen LogP contribution in [0.4, 0.5) is 4.79 Å². The number of fused-ring (bicyclic) bond motifs is 2. The number of β-amino-alcohol motifs (C(OH)–C–C–N with tert-alkyl or cyclic N) is 1. The van der Waals surface area contributed by atoms with Crippen LogP contribution >= 0.6 is 0 Å². The predicted octanol–water partition coefficient (Wildman–Crippen LogP) is 2.13. The van der Waals surface area contributed by atoms with Gasteiger partial charge in [-0.25, -0.2) is 4.79 Å². The van der Waals surface area contributed by atoms with Crippen LogP contribution in [0.5, 0.6) is 5.75 Å². The molecular weight excluding hydrogens is 344 g/mol. The van der Waals surface area contributed by atoms with E-state index in [-0.39, 0.29) is 19.1 Å². The zero-order valence-electron chi connectivity index (χ0n) is 15.1. The summed E-state index contributed by atoms with van der Waals surface area (Å²) in [6.07, 6.45) is 0.325. The summed E-state index contributed by atoms with van der Waals surface area (Å²) in [4.78, 5) is 26.6. The Morgan fingerprint density at radius 1 is 1.19 bits per heavy atom. The highest BCUT2D eigenvalue weighted by Crippen LogP contribution is 2.41. The fourth-order valence-electron chi connectivity index (χ4n) is 3.85. The van der Waals surface area contributed by atoms with Crippen LogP contribution in [-0.4, -0.2) is 41.2 Å². The van der Waals surface area contributed by atoms with E-state index in [0.29, 0.717) is 12.2 Å². The minimum Gasteiger partial charge on any atom is -0.491 e. The van der Waals surface area contributed by atoms with Gasteiger partial charge in [0.15, 0.2) is 0 Å². The van der Waals surface area contributed by atoms with Crippen LogP contribution in [0.15, 0.2) is 48.5 Å². The number of imide groups is 1. The van der Waals surface area contributed by atoms with Crippen molar-refractivity contribution in [3.63, 3.8) is 0 Å². The number of aryl methyl sites for hydroxylation is 2. The second-order valence-electron chi connectivity index (χ2n) is 7.19. The summed E-state index contributed by atoms with van der Waals surface area (Å²) in [5.41, 5.74) is 2.06. The monoisotopic (exact) mass is 366 g/mol. The zero-order chi connectivity index (χ0) is 19.0. The maximum atomic E-state index is 13.0. The number of hydrogen-bond donors (Lipinski definition) is 2. The van der Waals surface area contributed by atoms with Gasteiger partial charge < -0.3 is 15.2 Å². The SMILES string of the molecule is Cc1ccc(OCC(O)CN2C(=O)NC3(CCc4ccccc43)C2=O)cc1. The van der Waals surface area contributed by atoms with Gasteiger partial charge in [-0.15, -0.1) is 0 Å². The van der Waals surface area contributed by atoms with Gasteiger partial charge in [0.1, 0.15) is 24.0 Å². The van der Waals surface area contributed by atoms with Gasteiger partial charge in [0.2, 0.25) is 0 Å². The quantitative estimate of drug-likeness (QED) is 0.795. The van der Waals surface area contributed by atoms with Crippen LogP contribution in [0.1, 0.15) is 23.1 Å². The molecule has 6 heteroatoms. The van der Waals surface area contributed by atoms with Crippen LogP contribution in [0.25, 0.3) is 0 Å². The van der Waals surface area contributed by atoms with Crippen molar-refractivity contribution < 1.29 is 19.4 Å². The molecule has 2 aliphatic rings. The molecule has 0 aromatic heterocycles. The molecule has 1 aliphatic heterocycles. The molecule has 2 unspecified atom stereocenters. The largest absolute Gasteiger partial charge is 0.491 e. The second kappa shape index (κ2) is 6.70. The Bertz CT molecular complexity index is 880. The molecule has 2 aromatic carbocycles. The minimum absolute atomic E-state index is 0.00368. The molecule has 140 valence electrons. The van der Waals surface area contributed by atoms with E-state index in [1.54, 1.807) is 0 Å². The Balaban J connectivity index is 1.43. The lowest BCUT2D eigenvalue weighted by molar-refractivity contribution is -0.132. The van der Waals surface area contributed by atoms with Crippen LogP contribution in [0, 0.1) is 6.92 Å². The van der Waals surface area contributed by atoms with Gasteiger partial charge in [-0.1, -0.05) is 42.0 Å². The number of carbonyl (C=O) groups is 2. The minimum atomic E-state index is -0.995. The molecule has 0 bridgehead atoms. The third-order valence-electron chi connectivity index (χ3n) is 5.28. The third kappa shape index (κ3) is 3.06. The van der Waals surface area contributed by atoms with E-state index < -0.39 is 17.7 Å². The molecule has 6 nitrogen and oxygen atoms in total. The Labute approximate surface area is 157 Å². The predicted molar refractivity (Wildman–Crippen MR) is 99.4 cm³/mol. The summed E-state index contributed by atoms with van der Waals surface area (Å²) in [6, 6.07) is 14.7. The molecule has 1 spiro atoms. The van der Waals surface area contributed by atoms with E-state index in [1.807, 2.05) is 55.5 Å². The molecule has 27 heavy (non-hydrogen) atoms. The maximum Gasteiger partial charge on any atom is 0.325 e. The van der Waals surface area contributed by atoms with Gasteiger partial charge in [0.05, 0.1) is 6.54 Å². The number of nitrogens with one attached hydrogen (secondary N) is 1. The van der Waals surface area contributed by atoms with Crippen molar-refractivity contribution in [3.05, 3.63) is 65.2 Å². The average molecular weight is 366 g/mol. The van der Waals surface area contributed by atoms with E-state index in [9.17, 15) is 14.7 Å². The van der Waals surface area contributed by atoms with E-state index in [2.05, 4.69) is 5.32 Å². The lowest BCUT2D eigenvalue weighted by atomic mass is 9.92. The molecular formula is C21H22N2O4. The molecule has 2 atom stereocenters. The summed E-state index contributed by atoms with van der Waals surface area (Å²) in [5, 5.41) is 13.1. The fraction of sp³-hybridized carbons (Fsp3) is 0.333. The number of carbonyl (C=O) groups excluding carboxylic acids is 2. The van der Waals surface area contributed by atoms with E-state index in [4.69, 9.17) is 4.74 Å².